The van der Waals surface area contributed by atoms with E-state index < -0.39 is 0 Å². The van der Waals surface area contributed by atoms with Crippen LogP contribution in [0.15, 0.2) is 0 Å². The fourth-order valence-corrected chi connectivity index (χ4v) is 0.415. The van der Waals surface area contributed by atoms with Crippen LogP contribution in [0.4, 0.5) is 0 Å². The molecule has 0 aliphatic carbocycles. The van der Waals surface area contributed by atoms with Crippen LogP contribution >= 0.6 is 0 Å². The summed E-state index contributed by atoms with van der Waals surface area (Å²) in [5.74, 6) is 0. The van der Waals surface area contributed by atoms with Crippen LogP contribution in [0.25, 0.3) is 0 Å². The number of rotatable bonds is 3. The lowest BCUT2D eigenvalue weighted by Gasteiger charge is -2.14. The highest BCUT2D eigenvalue weighted by Crippen LogP contribution is 1.92. The molecule has 0 heterocycles. The van der Waals surface area contributed by atoms with Crippen LogP contribution in [0, 0.1) is 0 Å². The second-order valence-corrected chi connectivity index (χ2v) is 2.02. The van der Waals surface area contributed by atoms with E-state index in [1.165, 1.54) is 0 Å². The number of hydrogen-bond acceptors (Lipinski definition) is 2. The molecule has 0 saturated heterocycles. The van der Waals surface area contributed by atoms with Gasteiger partial charge in [0.15, 0.2) is 0 Å². The lowest BCUT2D eigenvalue weighted by Crippen LogP contribution is -2.31. The third-order valence-electron chi connectivity index (χ3n) is 1.17. The lowest BCUT2D eigenvalue weighted by atomic mass is 10.2. The van der Waals surface area contributed by atoms with Gasteiger partial charge in [0.2, 0.25) is 0 Å². The topological polar surface area (TPSA) is 35.2 Å². The van der Waals surface area contributed by atoms with E-state index in [2.05, 4.69) is 0 Å². The quantitative estimate of drug-likeness (QED) is 0.592. The number of ether oxygens (including phenoxy) is 1. The van der Waals surface area contributed by atoms with Crippen molar-refractivity contribution in [2.75, 3.05) is 6.61 Å². The second-order valence-electron chi connectivity index (χ2n) is 2.02. The van der Waals surface area contributed by atoms with Gasteiger partial charge in [-0.3, -0.25) is 0 Å². The van der Waals surface area contributed by atoms with E-state index in [0.717, 1.165) is 6.61 Å². The molecule has 0 aromatic carbocycles. The van der Waals surface area contributed by atoms with Crippen LogP contribution < -0.4 is 5.73 Å². The van der Waals surface area contributed by atoms with Gasteiger partial charge in [-0.05, 0) is 20.8 Å². The predicted octanol–water partition coefficient (Wildman–Crippen LogP) is 0.759. The summed E-state index contributed by atoms with van der Waals surface area (Å²) < 4.78 is 5.18. The molecule has 0 amide bonds. The van der Waals surface area contributed by atoms with Gasteiger partial charge >= 0.3 is 0 Å². The van der Waals surface area contributed by atoms with Crippen molar-refractivity contribution in [1.82, 2.24) is 0 Å². The van der Waals surface area contributed by atoms with E-state index in [1.54, 1.807) is 0 Å². The summed E-state index contributed by atoms with van der Waals surface area (Å²) in [4.78, 5) is 0. The third-order valence-corrected chi connectivity index (χ3v) is 1.17. The lowest BCUT2D eigenvalue weighted by molar-refractivity contribution is 0.0618. The zero-order valence-corrected chi connectivity index (χ0v) is 5.85. The first-order chi connectivity index (χ1) is 3.68. The summed E-state index contributed by atoms with van der Waals surface area (Å²) in [7, 11) is 0. The Bertz CT molecular complexity index is 54.5. The molecule has 0 bridgehead atoms. The molecule has 2 N–H and O–H groups in total. The largest absolute Gasteiger partial charge is 0.377 e. The summed E-state index contributed by atoms with van der Waals surface area (Å²) in [6.07, 6.45) is 0.194. The minimum Gasteiger partial charge on any atom is -0.377 e. The van der Waals surface area contributed by atoms with Crippen LogP contribution in [0.5, 0.6) is 0 Å². The molecule has 0 saturated carbocycles. The summed E-state index contributed by atoms with van der Waals surface area (Å²) in [5, 5.41) is 0. The van der Waals surface area contributed by atoms with Crippen LogP contribution in [-0.4, -0.2) is 18.8 Å². The highest BCUT2D eigenvalue weighted by Gasteiger charge is 2.04. The molecule has 2 nitrogen and oxygen atoms in total. The van der Waals surface area contributed by atoms with Gasteiger partial charge < -0.3 is 10.5 Å². The van der Waals surface area contributed by atoms with E-state index in [0.29, 0.717) is 0 Å². The maximum atomic E-state index is 5.50. The van der Waals surface area contributed by atoms with Crippen LogP contribution in [0.2, 0.25) is 0 Å². The molecule has 0 spiro atoms. The predicted molar refractivity (Wildman–Crippen MR) is 34.7 cm³/mol. The normalized spacial score (nSPS) is 18.0. The van der Waals surface area contributed by atoms with Crippen LogP contribution in [0.3, 0.4) is 0 Å². The monoisotopic (exact) mass is 117 g/mol. The molecule has 50 valence electrons. The Morgan fingerprint density at radius 1 is 1.50 bits per heavy atom. The minimum absolute atomic E-state index is 0.148. The highest BCUT2D eigenvalue weighted by molar-refractivity contribution is 4.60. The van der Waals surface area contributed by atoms with Crippen molar-refractivity contribution in [1.29, 1.82) is 0 Å². The smallest absolute Gasteiger partial charge is 0.0694 e. The van der Waals surface area contributed by atoms with Gasteiger partial charge in [0.1, 0.15) is 0 Å². The highest BCUT2D eigenvalue weighted by atomic mass is 16.5. The SMILES string of the molecule is CCOC(C)[C@@H](C)N. The van der Waals surface area contributed by atoms with E-state index in [9.17, 15) is 0 Å². The van der Waals surface area contributed by atoms with Crippen LogP contribution in [-0.2, 0) is 4.74 Å². The first kappa shape index (κ1) is 7.92. The standard InChI is InChI=1S/C6H15NO/c1-4-8-6(3)5(2)7/h5-6H,4,7H2,1-3H3/t5-,6?/m1/s1. The first-order valence-corrected chi connectivity index (χ1v) is 3.05. The van der Waals surface area contributed by atoms with Crippen molar-refractivity contribution in [3.8, 4) is 0 Å². The maximum Gasteiger partial charge on any atom is 0.0694 e. The molecule has 0 aromatic heterocycles. The van der Waals surface area contributed by atoms with Crippen molar-refractivity contribution in [2.24, 2.45) is 5.73 Å². The van der Waals surface area contributed by atoms with Crippen molar-refractivity contribution in [2.45, 2.75) is 32.9 Å². The van der Waals surface area contributed by atoms with Gasteiger partial charge in [-0.2, -0.15) is 0 Å². The Labute approximate surface area is 51.0 Å². The molecule has 2 atom stereocenters. The molecule has 0 rings (SSSR count). The van der Waals surface area contributed by atoms with E-state index >= 15 is 0 Å². The van der Waals surface area contributed by atoms with E-state index in [-0.39, 0.29) is 12.1 Å². The van der Waals surface area contributed by atoms with Gasteiger partial charge in [0.05, 0.1) is 6.10 Å². The molecular formula is C6H15NO. The average Bonchev–Trinajstić information content (AvgIpc) is 1.67. The Hall–Kier alpha value is -0.0800. The Morgan fingerprint density at radius 2 is 2.00 bits per heavy atom. The van der Waals surface area contributed by atoms with E-state index in [1.807, 2.05) is 20.8 Å². The molecule has 0 aliphatic rings. The maximum absolute atomic E-state index is 5.50. The van der Waals surface area contributed by atoms with Crippen molar-refractivity contribution in [3.63, 3.8) is 0 Å². The van der Waals surface area contributed by atoms with Gasteiger partial charge in [0.25, 0.3) is 0 Å². The fourth-order valence-electron chi connectivity index (χ4n) is 0.415. The van der Waals surface area contributed by atoms with Gasteiger partial charge in [-0.1, -0.05) is 0 Å². The molecule has 8 heavy (non-hydrogen) atoms. The Morgan fingerprint density at radius 3 is 2.12 bits per heavy atom. The summed E-state index contributed by atoms with van der Waals surface area (Å²) in [6, 6.07) is 0.148. The molecular weight excluding hydrogens is 102 g/mol. The Kier molecular flexibility index (Phi) is 3.83. The number of nitrogens with two attached hydrogens (primary N) is 1. The molecule has 0 fully saturated rings. The molecule has 0 aromatic rings. The first-order valence-electron chi connectivity index (χ1n) is 3.05. The van der Waals surface area contributed by atoms with Gasteiger partial charge in [0, 0.05) is 12.6 Å². The van der Waals surface area contributed by atoms with Crippen molar-refractivity contribution < 1.29 is 4.74 Å². The average molecular weight is 117 g/mol. The summed E-state index contributed by atoms with van der Waals surface area (Å²) in [5.41, 5.74) is 5.50. The van der Waals surface area contributed by atoms with Crippen LogP contribution in [0.1, 0.15) is 20.8 Å². The zero-order chi connectivity index (χ0) is 6.57. The second kappa shape index (κ2) is 3.87. The van der Waals surface area contributed by atoms with Gasteiger partial charge in [-0.25, -0.2) is 0 Å². The summed E-state index contributed by atoms with van der Waals surface area (Å²) in [6.45, 7) is 6.65. The zero-order valence-electron chi connectivity index (χ0n) is 5.85. The minimum atomic E-state index is 0.148. The molecule has 1 unspecified atom stereocenters. The fraction of sp³-hybridized carbons (Fsp3) is 1.00. The van der Waals surface area contributed by atoms with Crippen molar-refractivity contribution >= 4 is 0 Å². The number of hydrogen-bond donors (Lipinski definition) is 1. The van der Waals surface area contributed by atoms with E-state index in [4.69, 9.17) is 10.5 Å². The molecule has 0 aliphatic heterocycles. The van der Waals surface area contributed by atoms with Crippen molar-refractivity contribution in [3.05, 3.63) is 0 Å². The Balaban J connectivity index is 3.17. The third kappa shape index (κ3) is 2.99. The molecule has 2 heteroatoms. The van der Waals surface area contributed by atoms with Gasteiger partial charge in [-0.15, -0.1) is 0 Å². The molecule has 0 radical (unpaired) electrons. The summed E-state index contributed by atoms with van der Waals surface area (Å²) >= 11 is 0.